The zero-order valence-electron chi connectivity index (χ0n) is 16.3. The quantitative estimate of drug-likeness (QED) is 0.403. The minimum absolute atomic E-state index is 0.243. The van der Waals surface area contributed by atoms with E-state index in [9.17, 15) is 8.42 Å². The van der Waals surface area contributed by atoms with E-state index in [2.05, 4.69) is 19.8 Å². The fourth-order valence-corrected chi connectivity index (χ4v) is 8.89. The van der Waals surface area contributed by atoms with Crippen LogP contribution in [0.2, 0.25) is 14.8 Å². The van der Waals surface area contributed by atoms with Gasteiger partial charge in [0.1, 0.15) is 0 Å². The average Bonchev–Trinajstić information content (AvgIpc) is 3.26. The maximum atomic E-state index is 13.1. The van der Waals surface area contributed by atoms with Gasteiger partial charge in [0, 0.05) is 0 Å². The molecular weight excluding hydrogens is 479 g/mol. The molecule has 0 spiro atoms. The summed E-state index contributed by atoms with van der Waals surface area (Å²) in [5.74, 6) is 0. The number of hydrogen-bond acceptors (Lipinski definition) is 4. The Kier molecular flexibility index (Phi) is 4.62. The number of nitrogens with zero attached hydrogens (tertiary/aromatic N) is 4. The van der Waals surface area contributed by atoms with Gasteiger partial charge in [-0.05, 0) is 0 Å². The molecule has 8 heteroatoms. The molecule has 0 saturated heterocycles. The van der Waals surface area contributed by atoms with Crippen LogP contribution in [0.3, 0.4) is 0 Å². The van der Waals surface area contributed by atoms with Gasteiger partial charge in [0.05, 0.1) is 0 Å². The summed E-state index contributed by atoms with van der Waals surface area (Å²) in [7, 11) is -1.78. The molecule has 3 heterocycles. The molecule has 1 aromatic carbocycles. The minimum atomic E-state index is -3.71. The van der Waals surface area contributed by atoms with Crippen LogP contribution in [0.5, 0.6) is 0 Å². The van der Waals surface area contributed by atoms with Crippen LogP contribution in [0.4, 0.5) is 0 Å². The Hall–Kier alpha value is -2.13. The third-order valence-corrected chi connectivity index (χ3v) is 11.5. The molecule has 0 bridgehead atoms. The van der Waals surface area contributed by atoms with E-state index in [1.165, 1.54) is 7.68 Å². The number of aromatic nitrogens is 4. The predicted octanol–water partition coefficient (Wildman–Crippen LogP) is 3.22. The maximum absolute atomic E-state index is 13.1. The summed E-state index contributed by atoms with van der Waals surface area (Å²) in [6.07, 6.45) is 5.28. The van der Waals surface area contributed by atoms with Crippen molar-refractivity contribution in [3.05, 3.63) is 61.1 Å². The van der Waals surface area contributed by atoms with Gasteiger partial charge in [-0.25, -0.2) is 0 Å². The standard InChI is InChI=1S/C17H13N4O2S.3CH3.Sn/c1-20-12-13(11-19-20)15-7-9-18-17-16(15)8-10-21(17)24(22,23)14-5-3-2-4-6-14;;;;/h2-10,12H,1H3;3*1H3;. The van der Waals surface area contributed by atoms with E-state index in [1.54, 1.807) is 42.7 Å². The molecule has 0 aliphatic heterocycles. The van der Waals surface area contributed by atoms with Crippen molar-refractivity contribution in [1.82, 2.24) is 18.7 Å². The monoisotopic (exact) mass is 502 g/mol. The molecular formula is C20H22N4O2SSn. The van der Waals surface area contributed by atoms with Gasteiger partial charge >= 0.3 is 169 Å². The third-order valence-electron chi connectivity index (χ3n) is 4.68. The van der Waals surface area contributed by atoms with Gasteiger partial charge in [0.15, 0.2) is 0 Å². The van der Waals surface area contributed by atoms with Crippen molar-refractivity contribution >= 4 is 43.1 Å². The Bertz CT molecular complexity index is 1270. The first-order valence-electron chi connectivity index (χ1n) is 9.01. The SMILES string of the molecule is Cn1cc(-c2ccnc3c2ccn3S(=O)(=O)c2ccccc2)[c]([Sn]([CH3])([CH3])[CH3])n1. The topological polar surface area (TPSA) is 69.8 Å². The molecule has 0 N–H and O–H groups in total. The van der Waals surface area contributed by atoms with Crippen molar-refractivity contribution in [2.24, 2.45) is 7.05 Å². The van der Waals surface area contributed by atoms with Crippen molar-refractivity contribution < 1.29 is 8.42 Å². The number of hydrogen-bond donors (Lipinski definition) is 0. The summed E-state index contributed by atoms with van der Waals surface area (Å²) in [6.45, 7) is 0. The first kappa shape index (κ1) is 19.2. The first-order valence-corrected chi connectivity index (χ1v) is 20.4. The molecule has 4 rings (SSSR count). The molecule has 3 aromatic heterocycles. The van der Waals surface area contributed by atoms with E-state index >= 15 is 0 Å². The second-order valence-electron chi connectivity index (χ2n) is 7.84. The number of rotatable bonds is 4. The molecule has 0 aliphatic carbocycles. The molecule has 0 amide bonds. The van der Waals surface area contributed by atoms with Gasteiger partial charge < -0.3 is 0 Å². The van der Waals surface area contributed by atoms with E-state index in [0.717, 1.165) is 16.5 Å². The molecule has 4 aromatic rings. The second-order valence-corrected chi connectivity index (χ2v) is 23.9. The zero-order valence-corrected chi connectivity index (χ0v) is 20.0. The summed E-state index contributed by atoms with van der Waals surface area (Å²) >= 11 is -2.48. The van der Waals surface area contributed by atoms with Crippen LogP contribution in [0.15, 0.2) is 66.0 Å². The van der Waals surface area contributed by atoms with E-state index in [-0.39, 0.29) is 4.90 Å². The van der Waals surface area contributed by atoms with Gasteiger partial charge in [-0.2, -0.15) is 0 Å². The van der Waals surface area contributed by atoms with Gasteiger partial charge in [0.2, 0.25) is 0 Å². The normalized spacial score (nSPS) is 12.6. The Morgan fingerprint density at radius 2 is 1.68 bits per heavy atom. The number of aryl methyl sites for hydroxylation is 1. The summed E-state index contributed by atoms with van der Waals surface area (Å²) in [4.78, 5) is 11.6. The predicted molar refractivity (Wildman–Crippen MR) is 114 cm³/mol. The molecule has 0 saturated carbocycles. The van der Waals surface area contributed by atoms with Gasteiger partial charge in [0.25, 0.3) is 0 Å². The van der Waals surface area contributed by atoms with Gasteiger partial charge in [-0.15, -0.1) is 0 Å². The third kappa shape index (κ3) is 3.16. The zero-order chi connectivity index (χ0) is 20.1. The number of benzene rings is 1. The Labute approximate surface area is 168 Å². The fraction of sp³-hybridized carbons (Fsp3) is 0.200. The molecule has 0 atom stereocenters. The summed E-state index contributed by atoms with van der Waals surface area (Å²) in [5, 5.41) is 5.54. The fourth-order valence-electron chi connectivity index (χ4n) is 3.39. The second kappa shape index (κ2) is 6.73. The van der Waals surface area contributed by atoms with Crippen molar-refractivity contribution in [1.29, 1.82) is 0 Å². The molecule has 0 radical (unpaired) electrons. The van der Waals surface area contributed by atoms with Crippen LogP contribution in [0, 0.1) is 0 Å². The molecule has 6 nitrogen and oxygen atoms in total. The van der Waals surface area contributed by atoms with E-state index in [4.69, 9.17) is 5.10 Å². The van der Waals surface area contributed by atoms with Crippen molar-refractivity contribution in [3.8, 4) is 11.1 Å². The molecule has 28 heavy (non-hydrogen) atoms. The van der Waals surface area contributed by atoms with Crippen LogP contribution in [-0.2, 0) is 17.1 Å². The number of pyridine rings is 1. The van der Waals surface area contributed by atoms with Crippen molar-refractivity contribution in [3.63, 3.8) is 0 Å². The summed E-state index contributed by atoms with van der Waals surface area (Å²) in [6, 6.07) is 12.2. The van der Waals surface area contributed by atoms with Crippen LogP contribution in [-0.4, -0.2) is 45.5 Å². The van der Waals surface area contributed by atoms with Gasteiger partial charge in [-0.3, -0.25) is 0 Å². The van der Waals surface area contributed by atoms with Crippen molar-refractivity contribution in [2.45, 2.75) is 19.7 Å². The molecule has 144 valence electrons. The van der Waals surface area contributed by atoms with Crippen LogP contribution < -0.4 is 3.71 Å². The first-order chi connectivity index (χ1) is 13.2. The van der Waals surface area contributed by atoms with E-state index in [1.807, 2.05) is 30.1 Å². The van der Waals surface area contributed by atoms with E-state index in [0.29, 0.717) is 5.65 Å². The summed E-state index contributed by atoms with van der Waals surface area (Å²) < 4.78 is 30.5. The van der Waals surface area contributed by atoms with Crippen LogP contribution in [0.1, 0.15) is 0 Å². The van der Waals surface area contributed by atoms with Crippen LogP contribution >= 0.6 is 0 Å². The Balaban J connectivity index is 1.95. The van der Waals surface area contributed by atoms with Gasteiger partial charge in [-0.1, -0.05) is 0 Å². The van der Waals surface area contributed by atoms with E-state index < -0.39 is 28.4 Å². The van der Waals surface area contributed by atoms with Crippen molar-refractivity contribution in [2.75, 3.05) is 0 Å². The summed E-state index contributed by atoms with van der Waals surface area (Å²) in [5.41, 5.74) is 2.48. The molecule has 0 aliphatic rings. The average molecular weight is 501 g/mol. The molecule has 0 unspecified atom stereocenters. The molecule has 0 fully saturated rings. The Morgan fingerprint density at radius 1 is 0.964 bits per heavy atom. The Morgan fingerprint density at radius 3 is 2.36 bits per heavy atom. The van der Waals surface area contributed by atoms with Crippen LogP contribution in [0.25, 0.3) is 22.2 Å². The number of fused-ring (bicyclic) bond motifs is 1.